The van der Waals surface area contributed by atoms with E-state index in [4.69, 9.17) is 11.6 Å². The average Bonchev–Trinajstić information content (AvgIpc) is 2.01. The first kappa shape index (κ1) is 11.4. The molecule has 0 nitrogen and oxygen atoms in total. The lowest BCUT2D eigenvalue weighted by Crippen LogP contribution is -2.06. The molecule has 0 aromatic heterocycles. The van der Waals surface area contributed by atoms with Gasteiger partial charge in [-0.15, -0.1) is 11.6 Å². The van der Waals surface area contributed by atoms with Crippen molar-refractivity contribution < 1.29 is 8.78 Å². The SMILES string of the molecule is Cc1cc(C)c(C(Cl)C(F)F)c(C)c1. The van der Waals surface area contributed by atoms with Crippen LogP contribution in [0.4, 0.5) is 8.78 Å². The Kier molecular flexibility index (Phi) is 3.48. The molecule has 1 rings (SSSR count). The topological polar surface area (TPSA) is 0 Å². The highest BCUT2D eigenvalue weighted by molar-refractivity contribution is 6.21. The molecule has 0 saturated carbocycles. The van der Waals surface area contributed by atoms with E-state index in [1.54, 1.807) is 0 Å². The van der Waals surface area contributed by atoms with E-state index in [2.05, 4.69) is 0 Å². The van der Waals surface area contributed by atoms with Crippen LogP contribution in [0.1, 0.15) is 27.6 Å². The van der Waals surface area contributed by atoms with Crippen LogP contribution in [0.5, 0.6) is 0 Å². The lowest BCUT2D eigenvalue weighted by atomic mass is 9.97. The van der Waals surface area contributed by atoms with Gasteiger partial charge in [0.05, 0.1) is 0 Å². The number of aryl methyl sites for hydroxylation is 3. The summed E-state index contributed by atoms with van der Waals surface area (Å²) in [7, 11) is 0. The molecule has 0 spiro atoms. The molecule has 0 fully saturated rings. The van der Waals surface area contributed by atoms with Crippen LogP contribution < -0.4 is 0 Å². The van der Waals surface area contributed by atoms with E-state index < -0.39 is 11.8 Å². The molecule has 3 heteroatoms. The summed E-state index contributed by atoms with van der Waals surface area (Å²) in [5, 5.41) is -1.20. The van der Waals surface area contributed by atoms with Crippen molar-refractivity contribution in [1.82, 2.24) is 0 Å². The quantitative estimate of drug-likeness (QED) is 0.654. The van der Waals surface area contributed by atoms with Crippen LogP contribution in [0.3, 0.4) is 0 Å². The Bertz CT molecular complexity index is 311. The Morgan fingerprint density at radius 3 is 1.86 bits per heavy atom. The van der Waals surface area contributed by atoms with Crippen LogP contribution in [0, 0.1) is 20.8 Å². The van der Waals surface area contributed by atoms with Crippen LogP contribution >= 0.6 is 11.6 Å². The Balaban J connectivity index is 3.20. The maximum absolute atomic E-state index is 12.4. The van der Waals surface area contributed by atoms with Crippen LogP contribution in [0.2, 0.25) is 0 Å². The van der Waals surface area contributed by atoms with E-state index in [1.807, 2.05) is 32.9 Å². The fourth-order valence-electron chi connectivity index (χ4n) is 1.75. The van der Waals surface area contributed by atoms with Crippen LogP contribution in [-0.2, 0) is 0 Å². The summed E-state index contributed by atoms with van der Waals surface area (Å²) < 4.78 is 24.9. The Labute approximate surface area is 87.9 Å². The van der Waals surface area contributed by atoms with Crippen molar-refractivity contribution in [3.8, 4) is 0 Å². The summed E-state index contributed by atoms with van der Waals surface area (Å²) in [5.41, 5.74) is 3.31. The van der Waals surface area contributed by atoms with Crippen molar-refractivity contribution >= 4 is 11.6 Å². The molecule has 1 aromatic rings. The number of rotatable bonds is 2. The smallest absolute Gasteiger partial charge is 0.208 e. The van der Waals surface area contributed by atoms with E-state index >= 15 is 0 Å². The summed E-state index contributed by atoms with van der Waals surface area (Å²) in [4.78, 5) is 0. The van der Waals surface area contributed by atoms with Gasteiger partial charge in [-0.05, 0) is 37.5 Å². The molecule has 78 valence electrons. The van der Waals surface area contributed by atoms with Crippen LogP contribution in [0.25, 0.3) is 0 Å². The van der Waals surface area contributed by atoms with Gasteiger partial charge in [0, 0.05) is 0 Å². The Morgan fingerprint density at radius 1 is 1.07 bits per heavy atom. The van der Waals surface area contributed by atoms with Gasteiger partial charge in [-0.3, -0.25) is 0 Å². The molecule has 14 heavy (non-hydrogen) atoms. The third kappa shape index (κ3) is 2.24. The standard InChI is InChI=1S/C11H13ClF2/c1-6-4-7(2)9(8(3)5-6)10(12)11(13)14/h4-5,10-11H,1-3H3. The second-order valence-electron chi connectivity index (χ2n) is 3.55. The normalized spacial score (nSPS) is 13.4. The number of halogens is 3. The molecule has 1 aromatic carbocycles. The summed E-state index contributed by atoms with van der Waals surface area (Å²) >= 11 is 5.65. The van der Waals surface area contributed by atoms with Crippen molar-refractivity contribution in [2.24, 2.45) is 0 Å². The van der Waals surface area contributed by atoms with Gasteiger partial charge in [-0.2, -0.15) is 0 Å². The molecular weight excluding hydrogens is 206 g/mol. The highest BCUT2D eigenvalue weighted by Crippen LogP contribution is 2.32. The van der Waals surface area contributed by atoms with E-state index in [1.165, 1.54) is 0 Å². The van der Waals surface area contributed by atoms with Crippen molar-refractivity contribution in [2.45, 2.75) is 32.6 Å². The lowest BCUT2D eigenvalue weighted by molar-refractivity contribution is 0.142. The highest BCUT2D eigenvalue weighted by Gasteiger charge is 2.22. The molecule has 0 aliphatic heterocycles. The van der Waals surface area contributed by atoms with Crippen LogP contribution in [-0.4, -0.2) is 6.43 Å². The van der Waals surface area contributed by atoms with Crippen molar-refractivity contribution in [3.05, 3.63) is 34.4 Å². The van der Waals surface area contributed by atoms with E-state index in [9.17, 15) is 8.78 Å². The van der Waals surface area contributed by atoms with Gasteiger partial charge >= 0.3 is 0 Å². The van der Waals surface area contributed by atoms with Crippen molar-refractivity contribution in [2.75, 3.05) is 0 Å². The number of hydrogen-bond donors (Lipinski definition) is 0. The maximum Gasteiger partial charge on any atom is 0.258 e. The summed E-state index contributed by atoms with van der Waals surface area (Å²) in [5.74, 6) is 0. The minimum absolute atomic E-state index is 0.562. The monoisotopic (exact) mass is 218 g/mol. The fourth-order valence-corrected chi connectivity index (χ4v) is 2.10. The zero-order valence-electron chi connectivity index (χ0n) is 8.44. The number of hydrogen-bond acceptors (Lipinski definition) is 0. The van der Waals surface area contributed by atoms with Gasteiger partial charge < -0.3 is 0 Å². The summed E-state index contributed by atoms with van der Waals surface area (Å²) in [6.45, 7) is 5.57. The molecule has 0 saturated heterocycles. The molecule has 0 heterocycles. The lowest BCUT2D eigenvalue weighted by Gasteiger charge is -2.15. The second kappa shape index (κ2) is 4.26. The van der Waals surface area contributed by atoms with E-state index in [-0.39, 0.29) is 0 Å². The Hall–Kier alpha value is -0.630. The maximum atomic E-state index is 12.4. The molecule has 1 atom stereocenters. The van der Waals surface area contributed by atoms with Gasteiger partial charge in [-0.1, -0.05) is 17.7 Å². The molecule has 0 aliphatic carbocycles. The molecule has 0 N–H and O–H groups in total. The van der Waals surface area contributed by atoms with E-state index in [0.29, 0.717) is 5.56 Å². The van der Waals surface area contributed by atoms with E-state index in [0.717, 1.165) is 16.7 Å². The second-order valence-corrected chi connectivity index (χ2v) is 4.02. The largest absolute Gasteiger partial charge is 0.258 e. The Morgan fingerprint density at radius 2 is 1.50 bits per heavy atom. The minimum Gasteiger partial charge on any atom is -0.208 e. The first-order valence-electron chi connectivity index (χ1n) is 4.43. The first-order valence-corrected chi connectivity index (χ1v) is 4.87. The molecule has 0 bridgehead atoms. The first-order chi connectivity index (χ1) is 6.43. The molecule has 0 aliphatic rings. The molecule has 0 amide bonds. The predicted molar refractivity (Wildman–Crippen MR) is 55.3 cm³/mol. The molecule has 0 radical (unpaired) electrons. The zero-order valence-corrected chi connectivity index (χ0v) is 9.20. The van der Waals surface area contributed by atoms with Gasteiger partial charge in [0.1, 0.15) is 5.38 Å². The third-order valence-corrected chi connectivity index (χ3v) is 2.64. The van der Waals surface area contributed by atoms with Crippen molar-refractivity contribution in [1.29, 1.82) is 0 Å². The number of alkyl halides is 3. The van der Waals surface area contributed by atoms with Crippen molar-refractivity contribution in [3.63, 3.8) is 0 Å². The summed E-state index contributed by atoms with van der Waals surface area (Å²) in [6.07, 6.45) is -2.52. The zero-order chi connectivity index (χ0) is 10.9. The van der Waals surface area contributed by atoms with Gasteiger partial charge in [0.15, 0.2) is 0 Å². The highest BCUT2D eigenvalue weighted by atomic mass is 35.5. The summed E-state index contributed by atoms with van der Waals surface area (Å²) in [6, 6.07) is 3.75. The predicted octanol–water partition coefficient (Wildman–Crippen LogP) is 4.16. The molecular formula is C11H13ClF2. The van der Waals surface area contributed by atoms with Gasteiger partial charge in [-0.25, -0.2) is 8.78 Å². The van der Waals surface area contributed by atoms with Gasteiger partial charge in [0.2, 0.25) is 0 Å². The fraction of sp³-hybridized carbons (Fsp3) is 0.455. The molecule has 1 unspecified atom stereocenters. The van der Waals surface area contributed by atoms with Crippen LogP contribution in [0.15, 0.2) is 12.1 Å². The minimum atomic E-state index is -2.52. The average molecular weight is 219 g/mol. The third-order valence-electron chi connectivity index (χ3n) is 2.24. The number of benzene rings is 1. The van der Waals surface area contributed by atoms with Gasteiger partial charge in [0.25, 0.3) is 6.43 Å².